The molecule has 0 aromatic rings. The zero-order valence-electron chi connectivity index (χ0n) is 10.9. The van der Waals surface area contributed by atoms with Crippen LogP contribution in [-0.4, -0.2) is 12.3 Å². The van der Waals surface area contributed by atoms with E-state index in [4.69, 9.17) is 5.73 Å². The second-order valence-electron chi connectivity index (χ2n) is 5.52. The van der Waals surface area contributed by atoms with Crippen molar-refractivity contribution in [3.05, 3.63) is 0 Å². The Kier molecular flexibility index (Phi) is 6.04. The average Bonchev–Trinajstić information content (AvgIpc) is 2.29. The molecule has 0 bridgehead atoms. The molecule has 0 spiro atoms. The van der Waals surface area contributed by atoms with Crippen LogP contribution in [0.15, 0.2) is 0 Å². The predicted octanol–water partition coefficient (Wildman–Crippen LogP) is 3.15. The Hall–Kier alpha value is -0.370. The third-order valence-corrected chi connectivity index (χ3v) is 3.97. The molecule has 16 heavy (non-hydrogen) atoms. The molecule has 1 unspecified atom stereocenters. The molecule has 2 nitrogen and oxygen atoms in total. The summed E-state index contributed by atoms with van der Waals surface area (Å²) in [5.41, 5.74) is 5.66. The van der Waals surface area contributed by atoms with Crippen molar-refractivity contribution >= 4 is 5.78 Å². The van der Waals surface area contributed by atoms with E-state index in [2.05, 4.69) is 13.8 Å². The highest BCUT2D eigenvalue weighted by Gasteiger charge is 2.25. The first-order chi connectivity index (χ1) is 7.67. The van der Waals surface area contributed by atoms with Gasteiger partial charge in [0.15, 0.2) is 0 Å². The van der Waals surface area contributed by atoms with Gasteiger partial charge in [0.2, 0.25) is 0 Å². The Balaban J connectivity index is 2.27. The first-order valence-electron chi connectivity index (χ1n) is 6.90. The van der Waals surface area contributed by atoms with Crippen molar-refractivity contribution < 1.29 is 4.79 Å². The van der Waals surface area contributed by atoms with Crippen molar-refractivity contribution in [3.63, 3.8) is 0 Å². The Morgan fingerprint density at radius 3 is 2.44 bits per heavy atom. The number of ketones is 1. The SMILES string of the molecule is CCCC(C)CC(=O)C1CCC(CN)CC1. The molecule has 2 heteroatoms. The van der Waals surface area contributed by atoms with Gasteiger partial charge in [-0.1, -0.05) is 26.7 Å². The van der Waals surface area contributed by atoms with Crippen molar-refractivity contribution in [2.45, 2.75) is 58.8 Å². The highest BCUT2D eigenvalue weighted by atomic mass is 16.1. The predicted molar refractivity (Wildman–Crippen MR) is 68.2 cm³/mol. The maximum atomic E-state index is 12.0. The van der Waals surface area contributed by atoms with Crippen LogP contribution >= 0.6 is 0 Å². The van der Waals surface area contributed by atoms with Gasteiger partial charge in [-0.05, 0) is 44.1 Å². The van der Waals surface area contributed by atoms with Crippen molar-refractivity contribution in [1.29, 1.82) is 0 Å². The number of hydrogen-bond donors (Lipinski definition) is 1. The van der Waals surface area contributed by atoms with Gasteiger partial charge in [0, 0.05) is 12.3 Å². The van der Waals surface area contributed by atoms with E-state index >= 15 is 0 Å². The van der Waals surface area contributed by atoms with Gasteiger partial charge in [0.25, 0.3) is 0 Å². The first-order valence-corrected chi connectivity index (χ1v) is 6.90. The number of carbonyl (C=O) groups excluding carboxylic acids is 1. The fourth-order valence-electron chi connectivity index (χ4n) is 2.83. The van der Waals surface area contributed by atoms with Gasteiger partial charge in [-0.2, -0.15) is 0 Å². The number of carbonyl (C=O) groups is 1. The number of nitrogens with two attached hydrogens (primary N) is 1. The molecular weight excluding hydrogens is 198 g/mol. The van der Waals surface area contributed by atoms with Crippen LogP contribution in [-0.2, 0) is 4.79 Å². The maximum absolute atomic E-state index is 12.0. The van der Waals surface area contributed by atoms with Crippen LogP contribution in [0.4, 0.5) is 0 Å². The van der Waals surface area contributed by atoms with Crippen LogP contribution in [0.3, 0.4) is 0 Å². The molecule has 0 aliphatic heterocycles. The minimum atomic E-state index is 0.349. The van der Waals surface area contributed by atoms with Gasteiger partial charge < -0.3 is 5.73 Å². The standard InChI is InChI=1S/C14H27NO/c1-3-4-11(2)9-14(16)13-7-5-12(10-15)6-8-13/h11-13H,3-10,15H2,1-2H3. The van der Waals surface area contributed by atoms with Crippen molar-refractivity contribution in [2.75, 3.05) is 6.54 Å². The number of hydrogen-bond acceptors (Lipinski definition) is 2. The maximum Gasteiger partial charge on any atom is 0.136 e. The minimum absolute atomic E-state index is 0.349. The van der Waals surface area contributed by atoms with E-state index in [-0.39, 0.29) is 0 Å². The smallest absolute Gasteiger partial charge is 0.136 e. The van der Waals surface area contributed by atoms with Gasteiger partial charge in [-0.3, -0.25) is 4.79 Å². The molecule has 1 saturated carbocycles. The number of rotatable bonds is 6. The lowest BCUT2D eigenvalue weighted by molar-refractivity contribution is -0.124. The molecule has 0 saturated heterocycles. The lowest BCUT2D eigenvalue weighted by atomic mass is 9.78. The molecule has 0 aromatic heterocycles. The van der Waals surface area contributed by atoms with Gasteiger partial charge in [-0.15, -0.1) is 0 Å². The van der Waals surface area contributed by atoms with Gasteiger partial charge in [0.1, 0.15) is 5.78 Å². The monoisotopic (exact) mass is 225 g/mol. The molecule has 2 N–H and O–H groups in total. The van der Waals surface area contributed by atoms with Crippen LogP contribution < -0.4 is 5.73 Å². The van der Waals surface area contributed by atoms with Gasteiger partial charge >= 0.3 is 0 Å². The second-order valence-corrected chi connectivity index (χ2v) is 5.52. The van der Waals surface area contributed by atoms with Crippen LogP contribution in [0.5, 0.6) is 0 Å². The molecule has 1 rings (SSSR count). The summed E-state index contributed by atoms with van der Waals surface area (Å²) < 4.78 is 0. The molecule has 0 aromatic carbocycles. The van der Waals surface area contributed by atoms with Crippen LogP contribution in [0, 0.1) is 17.8 Å². The zero-order valence-corrected chi connectivity index (χ0v) is 10.9. The lowest BCUT2D eigenvalue weighted by Crippen LogP contribution is -2.26. The summed E-state index contributed by atoms with van der Waals surface area (Å²) in [6.45, 7) is 5.19. The molecule has 0 heterocycles. The molecule has 1 aliphatic rings. The van der Waals surface area contributed by atoms with E-state index in [1.807, 2.05) is 0 Å². The highest BCUT2D eigenvalue weighted by molar-refractivity contribution is 5.81. The van der Waals surface area contributed by atoms with E-state index in [1.165, 1.54) is 12.8 Å². The lowest BCUT2D eigenvalue weighted by Gasteiger charge is -2.27. The molecule has 0 amide bonds. The summed E-state index contributed by atoms with van der Waals surface area (Å²) in [5.74, 6) is 2.11. The summed E-state index contributed by atoms with van der Waals surface area (Å²) in [5, 5.41) is 0. The van der Waals surface area contributed by atoms with Gasteiger partial charge in [0.05, 0.1) is 0 Å². The van der Waals surface area contributed by atoms with Gasteiger partial charge in [-0.25, -0.2) is 0 Å². The largest absolute Gasteiger partial charge is 0.330 e. The average molecular weight is 225 g/mol. The summed E-state index contributed by atoms with van der Waals surface area (Å²) >= 11 is 0. The highest BCUT2D eigenvalue weighted by Crippen LogP contribution is 2.30. The topological polar surface area (TPSA) is 43.1 Å². The van der Waals surface area contributed by atoms with Crippen molar-refractivity contribution in [2.24, 2.45) is 23.5 Å². The van der Waals surface area contributed by atoms with E-state index in [9.17, 15) is 4.79 Å². The summed E-state index contributed by atoms with van der Waals surface area (Å²) in [7, 11) is 0. The molecule has 1 aliphatic carbocycles. The van der Waals surface area contributed by atoms with Crippen LogP contribution in [0.1, 0.15) is 58.8 Å². The van der Waals surface area contributed by atoms with Crippen molar-refractivity contribution in [1.82, 2.24) is 0 Å². The van der Waals surface area contributed by atoms with Crippen molar-refractivity contribution in [3.8, 4) is 0 Å². The Labute approximate surface area is 100.0 Å². The molecule has 1 fully saturated rings. The first kappa shape index (κ1) is 13.7. The van der Waals surface area contributed by atoms with E-state index in [0.717, 1.165) is 38.6 Å². The fraction of sp³-hybridized carbons (Fsp3) is 0.929. The summed E-state index contributed by atoms with van der Waals surface area (Å²) in [6, 6.07) is 0. The Morgan fingerprint density at radius 2 is 1.94 bits per heavy atom. The zero-order chi connectivity index (χ0) is 12.0. The molecule has 1 atom stereocenters. The van der Waals surface area contributed by atoms with E-state index in [1.54, 1.807) is 0 Å². The summed E-state index contributed by atoms with van der Waals surface area (Å²) in [4.78, 5) is 12.0. The minimum Gasteiger partial charge on any atom is -0.330 e. The van der Waals surface area contributed by atoms with Crippen LogP contribution in [0.2, 0.25) is 0 Å². The van der Waals surface area contributed by atoms with Crippen LogP contribution in [0.25, 0.3) is 0 Å². The Morgan fingerprint density at radius 1 is 1.31 bits per heavy atom. The number of Topliss-reactive ketones (excluding diaryl/α,β-unsaturated/α-hetero) is 1. The fourth-order valence-corrected chi connectivity index (χ4v) is 2.83. The summed E-state index contributed by atoms with van der Waals surface area (Å²) in [6.07, 6.45) is 7.66. The second kappa shape index (κ2) is 7.05. The van der Waals surface area contributed by atoms with E-state index in [0.29, 0.717) is 23.5 Å². The third kappa shape index (κ3) is 4.25. The molecule has 0 radical (unpaired) electrons. The third-order valence-electron chi connectivity index (χ3n) is 3.97. The van der Waals surface area contributed by atoms with E-state index < -0.39 is 0 Å². The normalized spacial score (nSPS) is 27.7. The quantitative estimate of drug-likeness (QED) is 0.754. The Bertz CT molecular complexity index is 207. The molecular formula is C14H27NO. The molecule has 94 valence electrons.